The van der Waals surface area contributed by atoms with E-state index in [1.165, 1.54) is 24.3 Å². The Labute approximate surface area is 101 Å². The lowest BCUT2D eigenvalue weighted by Gasteiger charge is -2.06. The molecule has 0 aromatic heterocycles. The Morgan fingerprint density at radius 1 is 0.889 bits per heavy atom. The number of ether oxygens (including phenoxy) is 1. The Bertz CT molecular complexity index is 556. The van der Waals surface area contributed by atoms with Gasteiger partial charge in [0, 0.05) is 17.7 Å². The summed E-state index contributed by atoms with van der Waals surface area (Å²) >= 11 is 0. The normalized spacial score (nSPS) is 10.2. The second-order valence-corrected chi connectivity index (χ2v) is 3.49. The molecule has 2 aromatic carbocycles. The highest BCUT2D eigenvalue weighted by Gasteiger charge is 2.11. The third-order valence-electron chi connectivity index (χ3n) is 2.21. The molecule has 0 aliphatic carbocycles. The summed E-state index contributed by atoms with van der Waals surface area (Å²) in [5.74, 6) is -4.07. The van der Waals surface area contributed by atoms with E-state index in [-0.39, 0.29) is 11.5 Å². The van der Waals surface area contributed by atoms with Crippen LogP contribution in [0.5, 0.6) is 11.5 Å². The minimum absolute atomic E-state index is 0.162. The maximum absolute atomic E-state index is 12.9. The van der Waals surface area contributed by atoms with Crippen molar-refractivity contribution in [2.75, 3.05) is 0 Å². The molecule has 0 saturated heterocycles. The average Bonchev–Trinajstić information content (AvgIpc) is 2.37. The van der Waals surface area contributed by atoms with Crippen LogP contribution in [0.4, 0.5) is 13.2 Å². The van der Waals surface area contributed by atoms with Crippen LogP contribution in [0.15, 0.2) is 36.4 Å². The molecule has 2 aromatic rings. The van der Waals surface area contributed by atoms with E-state index >= 15 is 0 Å². The molecule has 0 aliphatic heterocycles. The molecular weight excluding hydrogens is 245 g/mol. The van der Waals surface area contributed by atoms with Crippen molar-refractivity contribution in [1.29, 1.82) is 0 Å². The topological polar surface area (TPSA) is 26.3 Å². The van der Waals surface area contributed by atoms with Crippen molar-refractivity contribution in [2.24, 2.45) is 0 Å². The standard InChI is InChI=1S/C13H7F3O2/c14-11-5-10(6-12(15)13(11)16)18-9-3-1-8(7-17)2-4-9/h1-7H. The van der Waals surface area contributed by atoms with Gasteiger partial charge in [-0.05, 0) is 24.3 Å². The van der Waals surface area contributed by atoms with Crippen molar-refractivity contribution < 1.29 is 22.7 Å². The summed E-state index contributed by atoms with van der Waals surface area (Å²) < 4.78 is 43.7. The first kappa shape index (κ1) is 12.2. The minimum Gasteiger partial charge on any atom is -0.457 e. The summed E-state index contributed by atoms with van der Waals surface area (Å²) in [6.07, 6.45) is 0.654. The van der Waals surface area contributed by atoms with Crippen LogP contribution in [0.1, 0.15) is 10.4 Å². The molecule has 0 unspecified atom stereocenters. The summed E-state index contributed by atoms with van der Waals surface area (Å²) in [6.45, 7) is 0. The van der Waals surface area contributed by atoms with Crippen molar-refractivity contribution >= 4 is 6.29 Å². The number of hydrogen-bond donors (Lipinski definition) is 0. The molecule has 0 amide bonds. The van der Waals surface area contributed by atoms with E-state index in [1.54, 1.807) is 0 Å². The molecule has 0 N–H and O–H groups in total. The summed E-state index contributed by atoms with van der Waals surface area (Å²) in [4.78, 5) is 10.4. The van der Waals surface area contributed by atoms with E-state index in [2.05, 4.69) is 0 Å². The van der Waals surface area contributed by atoms with Gasteiger partial charge < -0.3 is 4.74 Å². The smallest absolute Gasteiger partial charge is 0.194 e. The molecule has 2 nitrogen and oxygen atoms in total. The summed E-state index contributed by atoms with van der Waals surface area (Å²) in [6, 6.07) is 7.38. The third-order valence-corrected chi connectivity index (χ3v) is 2.21. The van der Waals surface area contributed by atoms with Crippen LogP contribution in [0.25, 0.3) is 0 Å². The maximum atomic E-state index is 12.9. The van der Waals surface area contributed by atoms with Gasteiger partial charge in [-0.3, -0.25) is 4.79 Å². The summed E-state index contributed by atoms with van der Waals surface area (Å²) in [5, 5.41) is 0. The first-order valence-electron chi connectivity index (χ1n) is 4.98. The quantitative estimate of drug-likeness (QED) is 0.614. The van der Waals surface area contributed by atoms with Crippen LogP contribution >= 0.6 is 0 Å². The number of carbonyl (C=O) groups is 1. The molecule has 0 heterocycles. The summed E-state index contributed by atoms with van der Waals surface area (Å²) in [7, 11) is 0. The molecule has 5 heteroatoms. The number of rotatable bonds is 3. The van der Waals surface area contributed by atoms with E-state index in [1.807, 2.05) is 0 Å². The minimum atomic E-state index is -1.54. The fraction of sp³-hybridized carbons (Fsp3) is 0. The van der Waals surface area contributed by atoms with Crippen LogP contribution in [0, 0.1) is 17.5 Å². The number of aldehydes is 1. The molecule has 92 valence electrons. The van der Waals surface area contributed by atoms with Crippen LogP contribution in [-0.4, -0.2) is 6.29 Å². The molecule has 0 spiro atoms. The van der Waals surface area contributed by atoms with Crippen molar-refractivity contribution in [2.45, 2.75) is 0 Å². The van der Waals surface area contributed by atoms with Crippen LogP contribution in [-0.2, 0) is 0 Å². The zero-order valence-electron chi connectivity index (χ0n) is 8.99. The van der Waals surface area contributed by atoms with Gasteiger partial charge in [0.15, 0.2) is 17.5 Å². The maximum Gasteiger partial charge on any atom is 0.194 e. The zero-order chi connectivity index (χ0) is 13.1. The lowest BCUT2D eigenvalue weighted by atomic mass is 10.2. The van der Waals surface area contributed by atoms with Crippen LogP contribution in [0.3, 0.4) is 0 Å². The molecule has 0 aliphatic rings. The van der Waals surface area contributed by atoms with Gasteiger partial charge in [-0.2, -0.15) is 0 Å². The Morgan fingerprint density at radius 2 is 1.44 bits per heavy atom. The lowest BCUT2D eigenvalue weighted by Crippen LogP contribution is -1.93. The highest BCUT2D eigenvalue weighted by atomic mass is 19.2. The Hall–Kier alpha value is -2.30. The molecule has 0 atom stereocenters. The van der Waals surface area contributed by atoms with Gasteiger partial charge in [0.1, 0.15) is 17.8 Å². The van der Waals surface area contributed by atoms with Gasteiger partial charge in [0.05, 0.1) is 0 Å². The van der Waals surface area contributed by atoms with Gasteiger partial charge >= 0.3 is 0 Å². The largest absolute Gasteiger partial charge is 0.457 e. The van der Waals surface area contributed by atoms with Crippen LogP contribution < -0.4 is 4.74 Å². The van der Waals surface area contributed by atoms with E-state index in [4.69, 9.17) is 4.74 Å². The first-order chi connectivity index (χ1) is 8.60. The highest BCUT2D eigenvalue weighted by Crippen LogP contribution is 2.25. The Morgan fingerprint density at radius 3 is 1.94 bits per heavy atom. The number of benzene rings is 2. The van der Waals surface area contributed by atoms with E-state index in [0.29, 0.717) is 11.8 Å². The Kier molecular flexibility index (Phi) is 3.32. The monoisotopic (exact) mass is 252 g/mol. The predicted octanol–water partition coefficient (Wildman–Crippen LogP) is 3.71. The highest BCUT2D eigenvalue weighted by molar-refractivity contribution is 5.74. The lowest BCUT2D eigenvalue weighted by molar-refractivity contribution is 0.112. The fourth-order valence-electron chi connectivity index (χ4n) is 1.34. The second-order valence-electron chi connectivity index (χ2n) is 3.49. The predicted molar refractivity (Wildman–Crippen MR) is 58.2 cm³/mol. The molecule has 18 heavy (non-hydrogen) atoms. The molecule has 0 saturated carbocycles. The number of carbonyl (C=O) groups excluding carboxylic acids is 1. The first-order valence-corrected chi connectivity index (χ1v) is 4.98. The average molecular weight is 252 g/mol. The van der Waals surface area contributed by atoms with Gasteiger partial charge in [-0.15, -0.1) is 0 Å². The van der Waals surface area contributed by atoms with E-state index in [0.717, 1.165) is 12.1 Å². The van der Waals surface area contributed by atoms with Gasteiger partial charge in [0.2, 0.25) is 0 Å². The van der Waals surface area contributed by atoms with Gasteiger partial charge in [-0.1, -0.05) is 0 Å². The molecule has 0 fully saturated rings. The molecule has 0 bridgehead atoms. The zero-order valence-corrected chi connectivity index (χ0v) is 8.99. The Balaban J connectivity index is 2.25. The van der Waals surface area contributed by atoms with Crippen molar-refractivity contribution in [3.05, 3.63) is 59.4 Å². The number of halogens is 3. The third kappa shape index (κ3) is 2.51. The molecule has 2 rings (SSSR count). The number of hydrogen-bond acceptors (Lipinski definition) is 2. The van der Waals surface area contributed by atoms with Gasteiger partial charge in [0.25, 0.3) is 0 Å². The molecular formula is C13H7F3O2. The van der Waals surface area contributed by atoms with Crippen molar-refractivity contribution in [1.82, 2.24) is 0 Å². The van der Waals surface area contributed by atoms with Gasteiger partial charge in [-0.25, -0.2) is 13.2 Å². The van der Waals surface area contributed by atoms with E-state index in [9.17, 15) is 18.0 Å². The van der Waals surface area contributed by atoms with Crippen LogP contribution in [0.2, 0.25) is 0 Å². The second kappa shape index (κ2) is 4.91. The SMILES string of the molecule is O=Cc1ccc(Oc2cc(F)c(F)c(F)c2)cc1. The van der Waals surface area contributed by atoms with Crippen molar-refractivity contribution in [3.63, 3.8) is 0 Å². The molecule has 0 radical (unpaired) electrons. The van der Waals surface area contributed by atoms with Crippen molar-refractivity contribution in [3.8, 4) is 11.5 Å². The summed E-state index contributed by atoms with van der Waals surface area (Å²) in [5.41, 5.74) is 0.443. The fourth-order valence-corrected chi connectivity index (χ4v) is 1.34. The van der Waals surface area contributed by atoms with E-state index < -0.39 is 17.5 Å².